The lowest BCUT2D eigenvalue weighted by molar-refractivity contribution is -0.118. The number of anilines is 3. The number of fused-ring (bicyclic) bond motifs is 1. The van der Waals surface area contributed by atoms with Crippen LogP contribution in [-0.4, -0.2) is 43.8 Å². The van der Waals surface area contributed by atoms with Crippen LogP contribution in [0.15, 0.2) is 61.1 Å². The van der Waals surface area contributed by atoms with Crippen LogP contribution in [0.1, 0.15) is 12.0 Å². The molecule has 0 fully saturated rings. The van der Waals surface area contributed by atoms with Crippen molar-refractivity contribution in [1.29, 1.82) is 0 Å². The second-order valence-corrected chi connectivity index (χ2v) is 8.20. The fourth-order valence-electron chi connectivity index (χ4n) is 3.73. The number of hydrogen-bond donors (Lipinski definition) is 1. The van der Waals surface area contributed by atoms with Crippen LogP contribution >= 0.6 is 11.6 Å². The van der Waals surface area contributed by atoms with Crippen molar-refractivity contribution in [2.45, 2.75) is 12.8 Å². The fraction of sp³-hybridized carbons (Fsp3) is 0.208. The Labute approximate surface area is 201 Å². The summed E-state index contributed by atoms with van der Waals surface area (Å²) in [5, 5.41) is 7.86. The lowest BCUT2D eigenvalue weighted by Crippen LogP contribution is -2.33. The zero-order chi connectivity index (χ0) is 23.5. The largest absolute Gasteiger partial charge is 0.490 e. The fourth-order valence-corrected chi connectivity index (χ4v) is 3.93. The van der Waals surface area contributed by atoms with E-state index in [1.165, 1.54) is 0 Å². The highest BCUT2D eigenvalue weighted by Crippen LogP contribution is 2.33. The minimum Gasteiger partial charge on any atom is -0.490 e. The van der Waals surface area contributed by atoms with Crippen molar-refractivity contribution in [2.24, 2.45) is 7.05 Å². The highest BCUT2D eigenvalue weighted by Gasteiger charge is 2.25. The first-order chi connectivity index (χ1) is 16.6. The maximum atomic E-state index is 13.1. The van der Waals surface area contributed by atoms with Crippen molar-refractivity contribution in [3.05, 3.63) is 71.6 Å². The van der Waals surface area contributed by atoms with Gasteiger partial charge in [0, 0.05) is 42.6 Å². The number of ether oxygens (including phenoxy) is 1. The van der Waals surface area contributed by atoms with E-state index in [1.54, 1.807) is 40.3 Å². The van der Waals surface area contributed by atoms with E-state index in [0.29, 0.717) is 47.8 Å². The van der Waals surface area contributed by atoms with Gasteiger partial charge in [-0.25, -0.2) is 15.0 Å². The molecule has 0 aliphatic carbocycles. The molecule has 3 aromatic heterocycles. The van der Waals surface area contributed by atoms with Gasteiger partial charge in [0.1, 0.15) is 5.82 Å². The molecule has 5 rings (SSSR count). The zero-order valence-corrected chi connectivity index (χ0v) is 19.2. The van der Waals surface area contributed by atoms with Crippen molar-refractivity contribution < 1.29 is 9.53 Å². The highest BCUT2D eigenvalue weighted by atomic mass is 35.5. The Morgan fingerprint density at radius 2 is 2.06 bits per heavy atom. The third-order valence-corrected chi connectivity index (χ3v) is 5.85. The van der Waals surface area contributed by atoms with Crippen LogP contribution in [0.5, 0.6) is 5.75 Å². The molecule has 4 heterocycles. The summed E-state index contributed by atoms with van der Waals surface area (Å²) in [6, 6.07) is 12.9. The van der Waals surface area contributed by atoms with Crippen molar-refractivity contribution in [3.8, 4) is 17.0 Å². The topological polar surface area (TPSA) is 98.1 Å². The van der Waals surface area contributed by atoms with Gasteiger partial charge in [0.2, 0.25) is 11.9 Å². The predicted octanol–water partition coefficient (Wildman–Crippen LogP) is 4.03. The van der Waals surface area contributed by atoms with Gasteiger partial charge in [-0.05, 0) is 30.2 Å². The molecule has 4 aromatic rings. The molecule has 1 N–H and O–H groups in total. The van der Waals surface area contributed by atoms with Gasteiger partial charge >= 0.3 is 0 Å². The molecule has 34 heavy (non-hydrogen) atoms. The number of carbonyl (C=O) groups excluding carboxylic acids is 1. The molecular weight excluding hydrogens is 454 g/mol. The number of aryl methyl sites for hydroxylation is 1. The highest BCUT2D eigenvalue weighted by molar-refractivity contribution is 6.31. The average molecular weight is 476 g/mol. The molecule has 1 aliphatic rings. The van der Waals surface area contributed by atoms with Gasteiger partial charge in [0.05, 0.1) is 24.9 Å². The van der Waals surface area contributed by atoms with Gasteiger partial charge in [0.25, 0.3) is 0 Å². The van der Waals surface area contributed by atoms with E-state index in [1.807, 2.05) is 37.4 Å². The molecule has 0 spiro atoms. The van der Waals surface area contributed by atoms with Crippen LogP contribution in [0.4, 0.5) is 17.6 Å². The molecule has 0 radical (unpaired) electrons. The van der Waals surface area contributed by atoms with E-state index in [9.17, 15) is 4.79 Å². The molecule has 0 bridgehead atoms. The van der Waals surface area contributed by atoms with Gasteiger partial charge < -0.3 is 10.1 Å². The van der Waals surface area contributed by atoms with Gasteiger partial charge in [-0.1, -0.05) is 29.8 Å². The summed E-state index contributed by atoms with van der Waals surface area (Å²) in [5.41, 5.74) is 2.22. The second-order valence-electron chi connectivity index (χ2n) is 7.79. The van der Waals surface area contributed by atoms with Crippen molar-refractivity contribution in [1.82, 2.24) is 24.7 Å². The number of nitrogens with one attached hydrogen (secondary N) is 1. The second kappa shape index (κ2) is 9.48. The predicted molar refractivity (Wildman–Crippen MR) is 129 cm³/mol. The monoisotopic (exact) mass is 475 g/mol. The number of hydrogen-bond acceptors (Lipinski definition) is 7. The summed E-state index contributed by atoms with van der Waals surface area (Å²) in [7, 11) is 1.83. The number of amides is 1. The van der Waals surface area contributed by atoms with Crippen LogP contribution in [0.3, 0.4) is 0 Å². The standard InChI is InChI=1S/C24H22ClN7O2/c1-31-21(8-10-28-31)30-24-26-9-7-19(29-24)17-13-20-23(27-15-17)32(11-4-12-34-20)22(33)14-16-5-2-3-6-18(16)25/h2-3,5-10,13,15H,4,11-12,14H2,1H3,(H,26,29,30). The van der Waals surface area contributed by atoms with Crippen LogP contribution in [0.2, 0.25) is 5.02 Å². The molecular formula is C24H22ClN7O2. The summed E-state index contributed by atoms with van der Waals surface area (Å²) in [4.78, 5) is 28.3. The van der Waals surface area contributed by atoms with Gasteiger partial charge in [0.15, 0.2) is 11.6 Å². The summed E-state index contributed by atoms with van der Waals surface area (Å²) in [6.45, 7) is 1.01. The van der Waals surface area contributed by atoms with Crippen LogP contribution in [0.25, 0.3) is 11.3 Å². The Balaban J connectivity index is 1.41. The van der Waals surface area contributed by atoms with Gasteiger partial charge in [-0.3, -0.25) is 14.4 Å². The quantitative estimate of drug-likeness (QED) is 0.465. The third kappa shape index (κ3) is 4.55. The minimum atomic E-state index is -0.0789. The normalized spacial score (nSPS) is 13.1. The van der Waals surface area contributed by atoms with E-state index >= 15 is 0 Å². The molecule has 9 nitrogen and oxygen atoms in total. The lowest BCUT2D eigenvalue weighted by atomic mass is 10.1. The average Bonchev–Trinajstić information content (AvgIpc) is 3.12. The Hall–Kier alpha value is -3.98. The minimum absolute atomic E-state index is 0.0789. The van der Waals surface area contributed by atoms with Gasteiger partial charge in [-0.15, -0.1) is 0 Å². The summed E-state index contributed by atoms with van der Waals surface area (Å²) in [6.07, 6.45) is 5.95. The van der Waals surface area contributed by atoms with Crippen LogP contribution in [0, 0.1) is 0 Å². The van der Waals surface area contributed by atoms with Crippen molar-refractivity contribution >= 4 is 35.1 Å². The Morgan fingerprint density at radius 3 is 2.88 bits per heavy atom. The lowest BCUT2D eigenvalue weighted by Gasteiger charge is -2.21. The van der Waals surface area contributed by atoms with Crippen molar-refractivity contribution in [2.75, 3.05) is 23.4 Å². The number of carbonyl (C=O) groups is 1. The first kappa shape index (κ1) is 21.8. The Morgan fingerprint density at radius 1 is 1.18 bits per heavy atom. The third-order valence-electron chi connectivity index (χ3n) is 5.48. The molecule has 0 saturated heterocycles. The van der Waals surface area contributed by atoms with Crippen molar-refractivity contribution in [3.63, 3.8) is 0 Å². The molecule has 1 aliphatic heterocycles. The molecule has 0 atom stereocenters. The number of aromatic nitrogens is 5. The van der Waals surface area contributed by atoms with Crippen LogP contribution < -0.4 is 15.0 Å². The van der Waals surface area contributed by atoms with E-state index in [0.717, 1.165) is 16.9 Å². The van der Waals surface area contributed by atoms with Crippen LogP contribution in [-0.2, 0) is 18.3 Å². The smallest absolute Gasteiger partial charge is 0.232 e. The number of rotatable bonds is 5. The maximum absolute atomic E-state index is 13.1. The van der Waals surface area contributed by atoms with E-state index in [2.05, 4.69) is 25.4 Å². The number of pyridine rings is 1. The summed E-state index contributed by atoms with van der Waals surface area (Å²) < 4.78 is 7.64. The molecule has 1 aromatic carbocycles. The maximum Gasteiger partial charge on any atom is 0.232 e. The molecule has 172 valence electrons. The number of benzene rings is 1. The Bertz CT molecular complexity index is 1340. The number of nitrogens with zero attached hydrogens (tertiary/aromatic N) is 6. The zero-order valence-electron chi connectivity index (χ0n) is 18.5. The molecule has 10 heteroatoms. The Kier molecular flexibility index (Phi) is 6.09. The van der Waals surface area contributed by atoms with E-state index in [-0.39, 0.29) is 12.3 Å². The number of halogens is 1. The SMILES string of the molecule is Cn1nccc1Nc1nccc(-c2cnc3c(c2)OCCCN3C(=O)Cc2ccccc2Cl)n1. The first-order valence-electron chi connectivity index (χ1n) is 10.8. The van der Waals surface area contributed by atoms with E-state index in [4.69, 9.17) is 16.3 Å². The molecule has 0 saturated carbocycles. The van der Waals surface area contributed by atoms with E-state index < -0.39 is 0 Å². The molecule has 0 unspecified atom stereocenters. The van der Waals surface area contributed by atoms with Gasteiger partial charge in [-0.2, -0.15) is 5.10 Å². The summed E-state index contributed by atoms with van der Waals surface area (Å²) in [5.74, 6) is 2.18. The first-order valence-corrected chi connectivity index (χ1v) is 11.2. The summed E-state index contributed by atoms with van der Waals surface area (Å²) >= 11 is 6.26. The molecule has 1 amide bonds.